The van der Waals surface area contributed by atoms with Gasteiger partial charge in [-0.2, -0.15) is 5.10 Å². The summed E-state index contributed by atoms with van der Waals surface area (Å²) in [5.41, 5.74) is 0.955. The Hall–Kier alpha value is -3.20. The van der Waals surface area contributed by atoms with Crippen molar-refractivity contribution in [3.8, 4) is 0 Å². The predicted molar refractivity (Wildman–Crippen MR) is 99.3 cm³/mol. The zero-order valence-corrected chi connectivity index (χ0v) is 15.6. The molecule has 1 unspecified atom stereocenters. The van der Waals surface area contributed by atoms with Crippen molar-refractivity contribution < 1.29 is 19.2 Å². The fraction of sp³-hybridized carbons (Fsp3) is 0.235. The normalized spacial score (nSPS) is 12.0. The molecule has 142 valence electrons. The maximum Gasteiger partial charge on any atom is 0.331 e. The van der Waals surface area contributed by atoms with Gasteiger partial charge < -0.3 is 10.1 Å². The van der Waals surface area contributed by atoms with Gasteiger partial charge in [0.05, 0.1) is 10.6 Å². The van der Waals surface area contributed by atoms with Gasteiger partial charge in [0.15, 0.2) is 6.10 Å². The van der Waals surface area contributed by atoms with E-state index in [2.05, 4.69) is 10.4 Å². The van der Waals surface area contributed by atoms with E-state index in [-0.39, 0.29) is 11.4 Å². The highest BCUT2D eigenvalue weighted by molar-refractivity contribution is 6.31. The van der Waals surface area contributed by atoms with Crippen molar-refractivity contribution in [2.24, 2.45) is 7.05 Å². The molecular weight excluding hydrogens is 376 g/mol. The first-order valence-corrected chi connectivity index (χ1v) is 8.20. The van der Waals surface area contributed by atoms with Gasteiger partial charge in [-0.25, -0.2) is 4.79 Å². The summed E-state index contributed by atoms with van der Waals surface area (Å²) in [6, 6.07) is 5.67. The molecule has 0 aliphatic heterocycles. The third kappa shape index (κ3) is 4.91. The first-order valence-electron chi connectivity index (χ1n) is 7.82. The SMILES string of the molecule is Cc1nn(C)c(Cl)c1/C=C/C(=O)OC(C)C(=O)Nc1ccccc1[N+](=O)[O-]. The Morgan fingerprint density at radius 2 is 2.07 bits per heavy atom. The minimum Gasteiger partial charge on any atom is -0.449 e. The summed E-state index contributed by atoms with van der Waals surface area (Å²) in [7, 11) is 1.67. The molecular formula is C17H17ClN4O5. The van der Waals surface area contributed by atoms with Gasteiger partial charge in [0.25, 0.3) is 11.6 Å². The number of nitro groups is 1. The van der Waals surface area contributed by atoms with Gasteiger partial charge in [-0.15, -0.1) is 0 Å². The van der Waals surface area contributed by atoms with E-state index in [0.717, 1.165) is 6.08 Å². The van der Waals surface area contributed by atoms with Crippen LogP contribution in [-0.4, -0.2) is 32.7 Å². The average molecular weight is 393 g/mol. The molecule has 10 heteroatoms. The number of halogens is 1. The van der Waals surface area contributed by atoms with Gasteiger partial charge in [-0.05, 0) is 26.0 Å². The van der Waals surface area contributed by atoms with E-state index in [1.165, 1.54) is 35.9 Å². The summed E-state index contributed by atoms with van der Waals surface area (Å²) in [4.78, 5) is 34.4. The van der Waals surface area contributed by atoms with E-state index in [9.17, 15) is 19.7 Å². The number of ether oxygens (including phenoxy) is 1. The molecule has 0 saturated heterocycles. The molecule has 0 bridgehead atoms. The number of nitro benzene ring substituents is 1. The first-order chi connectivity index (χ1) is 12.7. The van der Waals surface area contributed by atoms with Gasteiger partial charge in [-0.1, -0.05) is 23.7 Å². The van der Waals surface area contributed by atoms with Crippen LogP contribution >= 0.6 is 11.6 Å². The zero-order valence-electron chi connectivity index (χ0n) is 14.8. The third-order valence-electron chi connectivity index (χ3n) is 3.60. The van der Waals surface area contributed by atoms with E-state index < -0.39 is 22.9 Å². The lowest BCUT2D eigenvalue weighted by molar-refractivity contribution is -0.383. The quantitative estimate of drug-likeness (QED) is 0.349. The minimum absolute atomic E-state index is 0.0173. The Morgan fingerprint density at radius 1 is 1.41 bits per heavy atom. The Kier molecular flexibility index (Phi) is 6.30. The van der Waals surface area contributed by atoms with E-state index in [1.54, 1.807) is 20.0 Å². The monoisotopic (exact) mass is 392 g/mol. The number of esters is 1. The van der Waals surface area contributed by atoms with E-state index >= 15 is 0 Å². The highest BCUT2D eigenvalue weighted by atomic mass is 35.5. The van der Waals surface area contributed by atoms with Crippen molar-refractivity contribution in [2.45, 2.75) is 20.0 Å². The van der Waals surface area contributed by atoms with E-state index in [0.29, 0.717) is 16.4 Å². The van der Waals surface area contributed by atoms with Crippen LogP contribution in [0.2, 0.25) is 5.15 Å². The van der Waals surface area contributed by atoms with Crippen molar-refractivity contribution in [3.63, 3.8) is 0 Å². The molecule has 0 fully saturated rings. The molecule has 2 aromatic rings. The van der Waals surface area contributed by atoms with Gasteiger partial charge in [-0.3, -0.25) is 19.6 Å². The summed E-state index contributed by atoms with van der Waals surface area (Å²) in [6.45, 7) is 3.10. The fourth-order valence-corrected chi connectivity index (χ4v) is 2.46. The number of hydrogen-bond acceptors (Lipinski definition) is 6. The molecule has 0 spiro atoms. The predicted octanol–water partition coefficient (Wildman–Crippen LogP) is 2.87. The van der Waals surface area contributed by atoms with Crippen molar-refractivity contribution >= 4 is 40.9 Å². The summed E-state index contributed by atoms with van der Waals surface area (Å²) in [5, 5.41) is 17.8. The number of para-hydroxylation sites is 2. The fourth-order valence-electron chi connectivity index (χ4n) is 2.23. The number of benzene rings is 1. The lowest BCUT2D eigenvalue weighted by atomic mass is 10.2. The van der Waals surface area contributed by atoms with Crippen LogP contribution in [0.1, 0.15) is 18.2 Å². The molecule has 9 nitrogen and oxygen atoms in total. The second kappa shape index (κ2) is 8.45. The van der Waals surface area contributed by atoms with Gasteiger partial charge >= 0.3 is 5.97 Å². The molecule has 1 atom stereocenters. The Balaban J connectivity index is 2.01. The van der Waals surface area contributed by atoms with Crippen LogP contribution in [0, 0.1) is 17.0 Å². The molecule has 27 heavy (non-hydrogen) atoms. The molecule has 0 aliphatic carbocycles. The maximum atomic E-state index is 12.1. The van der Waals surface area contributed by atoms with Crippen LogP contribution in [0.25, 0.3) is 6.08 Å². The lowest BCUT2D eigenvalue weighted by Crippen LogP contribution is -2.29. The van der Waals surface area contributed by atoms with Crippen molar-refractivity contribution in [1.29, 1.82) is 0 Å². The standard InChI is InChI=1S/C17H17ClN4O5/c1-10-12(16(18)21(3)20-10)8-9-15(23)27-11(2)17(24)19-13-6-4-5-7-14(13)22(25)26/h4-9,11H,1-3H3,(H,19,24)/b9-8+. The number of aryl methyl sites for hydroxylation is 2. The molecule has 0 saturated carbocycles. The molecule has 1 aromatic heterocycles. The molecule has 2 rings (SSSR count). The Morgan fingerprint density at radius 3 is 2.67 bits per heavy atom. The van der Waals surface area contributed by atoms with Gasteiger partial charge in [0.2, 0.25) is 0 Å². The lowest BCUT2D eigenvalue weighted by Gasteiger charge is -2.12. The van der Waals surface area contributed by atoms with E-state index in [4.69, 9.17) is 16.3 Å². The maximum absolute atomic E-state index is 12.1. The van der Waals surface area contributed by atoms with Crippen LogP contribution < -0.4 is 5.32 Å². The summed E-state index contributed by atoms with van der Waals surface area (Å²) in [5.74, 6) is -1.46. The number of nitrogens with one attached hydrogen (secondary N) is 1. The van der Waals surface area contributed by atoms with Crippen LogP contribution in [0.5, 0.6) is 0 Å². The smallest absolute Gasteiger partial charge is 0.331 e. The number of anilines is 1. The molecule has 1 heterocycles. The molecule has 0 aliphatic rings. The number of aromatic nitrogens is 2. The van der Waals surface area contributed by atoms with E-state index in [1.807, 2.05) is 0 Å². The number of amides is 1. The highest BCUT2D eigenvalue weighted by Gasteiger charge is 2.21. The van der Waals surface area contributed by atoms with Crippen LogP contribution in [-0.2, 0) is 21.4 Å². The number of carbonyl (C=O) groups is 2. The highest BCUT2D eigenvalue weighted by Crippen LogP contribution is 2.23. The summed E-state index contributed by atoms with van der Waals surface area (Å²) < 4.78 is 6.48. The molecule has 1 N–H and O–H groups in total. The Labute approximate surface area is 159 Å². The van der Waals surface area contributed by atoms with Crippen molar-refractivity contribution in [1.82, 2.24) is 9.78 Å². The number of nitrogens with zero attached hydrogens (tertiary/aromatic N) is 3. The largest absolute Gasteiger partial charge is 0.449 e. The second-order valence-corrected chi connectivity index (χ2v) is 5.95. The summed E-state index contributed by atoms with van der Waals surface area (Å²) >= 11 is 6.06. The minimum atomic E-state index is -1.16. The van der Waals surface area contributed by atoms with Crippen LogP contribution in [0.3, 0.4) is 0 Å². The number of carbonyl (C=O) groups excluding carboxylic acids is 2. The average Bonchev–Trinajstić information content (AvgIpc) is 2.85. The van der Waals surface area contributed by atoms with Gasteiger partial charge in [0.1, 0.15) is 10.8 Å². The molecule has 1 aromatic carbocycles. The first kappa shape index (κ1) is 20.1. The topological polar surface area (TPSA) is 116 Å². The van der Waals surface area contributed by atoms with Gasteiger partial charge in [0, 0.05) is 24.8 Å². The molecule has 1 amide bonds. The third-order valence-corrected chi connectivity index (χ3v) is 4.05. The number of rotatable bonds is 6. The Bertz CT molecular complexity index is 922. The number of hydrogen-bond donors (Lipinski definition) is 1. The summed E-state index contributed by atoms with van der Waals surface area (Å²) in [6.07, 6.45) is 1.41. The van der Waals surface area contributed by atoms with Crippen molar-refractivity contribution in [3.05, 3.63) is 56.9 Å². The van der Waals surface area contributed by atoms with Crippen LogP contribution in [0.4, 0.5) is 11.4 Å². The molecule has 0 radical (unpaired) electrons. The zero-order chi connectivity index (χ0) is 20.1. The van der Waals surface area contributed by atoms with Crippen LogP contribution in [0.15, 0.2) is 30.3 Å². The van der Waals surface area contributed by atoms with Crippen molar-refractivity contribution in [2.75, 3.05) is 5.32 Å². The second-order valence-electron chi connectivity index (χ2n) is 5.59.